The van der Waals surface area contributed by atoms with Gasteiger partial charge < -0.3 is 28.5 Å². The van der Waals surface area contributed by atoms with Crippen LogP contribution < -0.4 is 9.47 Å². The molecule has 0 saturated carbocycles. The van der Waals surface area contributed by atoms with Gasteiger partial charge >= 0.3 is 0 Å². The molecular formula is C17H24O7. The molecule has 7 heteroatoms. The second-order valence-corrected chi connectivity index (χ2v) is 4.75. The lowest BCUT2D eigenvalue weighted by Crippen LogP contribution is -2.13. The van der Waals surface area contributed by atoms with Crippen LogP contribution >= 0.6 is 0 Å². The fourth-order valence-corrected chi connectivity index (χ4v) is 1.92. The predicted octanol–water partition coefficient (Wildman–Crippen LogP) is 1.53. The first-order valence-corrected chi connectivity index (χ1v) is 7.70. The average molecular weight is 340 g/mol. The maximum atomic E-state index is 11.5. The van der Waals surface area contributed by atoms with Crippen molar-refractivity contribution in [3.8, 4) is 11.5 Å². The van der Waals surface area contributed by atoms with E-state index >= 15 is 0 Å². The van der Waals surface area contributed by atoms with E-state index in [1.807, 2.05) is 6.79 Å². The lowest BCUT2D eigenvalue weighted by atomic mass is 10.1. The molecule has 1 aromatic rings. The minimum atomic E-state index is -0.0148. The summed E-state index contributed by atoms with van der Waals surface area (Å²) in [6.07, 6.45) is 0. The monoisotopic (exact) mass is 340 g/mol. The lowest BCUT2D eigenvalue weighted by Gasteiger charge is -2.13. The van der Waals surface area contributed by atoms with E-state index in [0.717, 1.165) is 0 Å². The molecule has 0 saturated heterocycles. The molecule has 2 rings (SSSR count). The van der Waals surface area contributed by atoms with Gasteiger partial charge in [0.25, 0.3) is 0 Å². The van der Waals surface area contributed by atoms with E-state index < -0.39 is 0 Å². The fourth-order valence-electron chi connectivity index (χ4n) is 1.92. The van der Waals surface area contributed by atoms with Crippen molar-refractivity contribution >= 4 is 12.6 Å². The van der Waals surface area contributed by atoms with E-state index in [-0.39, 0.29) is 5.78 Å². The number of benzene rings is 1. The van der Waals surface area contributed by atoms with Gasteiger partial charge in [-0.25, -0.2) is 0 Å². The Balaban J connectivity index is 0.00000139. The second-order valence-electron chi connectivity index (χ2n) is 4.75. The van der Waals surface area contributed by atoms with Crippen LogP contribution in [-0.2, 0) is 19.0 Å². The van der Waals surface area contributed by atoms with Gasteiger partial charge in [-0.2, -0.15) is 0 Å². The summed E-state index contributed by atoms with van der Waals surface area (Å²) in [5.41, 5.74) is 0.589. The zero-order valence-corrected chi connectivity index (χ0v) is 14.0. The summed E-state index contributed by atoms with van der Waals surface area (Å²) in [4.78, 5) is 19.5. The van der Waals surface area contributed by atoms with Crippen molar-refractivity contribution in [2.24, 2.45) is 0 Å². The largest absolute Gasteiger partial charge is 0.487 e. The van der Waals surface area contributed by atoms with Gasteiger partial charge in [0, 0.05) is 5.56 Å². The summed E-state index contributed by atoms with van der Waals surface area (Å²) in [6, 6.07) is 5.16. The third-order valence-electron chi connectivity index (χ3n) is 3.06. The lowest BCUT2D eigenvalue weighted by molar-refractivity contribution is -0.0980. The van der Waals surface area contributed by atoms with Crippen LogP contribution in [0.5, 0.6) is 11.5 Å². The summed E-state index contributed by atoms with van der Waals surface area (Å²) < 4.78 is 27.5. The Kier molecular flexibility index (Phi) is 10.4. The highest BCUT2D eigenvalue weighted by molar-refractivity contribution is 5.94. The first-order valence-electron chi connectivity index (χ1n) is 7.70. The van der Waals surface area contributed by atoms with Gasteiger partial charge in [0.05, 0.1) is 39.6 Å². The highest BCUT2D eigenvalue weighted by Crippen LogP contribution is 2.28. The second kappa shape index (κ2) is 12.5. The minimum Gasteiger partial charge on any atom is -0.487 e. The van der Waals surface area contributed by atoms with Gasteiger partial charge in [-0.3, -0.25) is 4.79 Å². The number of ketones is 1. The molecule has 0 amide bonds. The van der Waals surface area contributed by atoms with E-state index in [4.69, 9.17) is 28.5 Å². The zero-order valence-electron chi connectivity index (χ0n) is 14.0. The highest BCUT2D eigenvalue weighted by Gasteiger charge is 2.10. The molecule has 0 unspecified atom stereocenters. The van der Waals surface area contributed by atoms with Crippen molar-refractivity contribution in [3.63, 3.8) is 0 Å². The molecule has 1 heterocycles. The molecule has 0 aromatic heterocycles. The molecule has 0 spiro atoms. The molecule has 0 bridgehead atoms. The van der Waals surface area contributed by atoms with Gasteiger partial charge in [-0.1, -0.05) is 0 Å². The maximum Gasteiger partial charge on any atom is 0.162 e. The van der Waals surface area contributed by atoms with E-state index in [9.17, 15) is 4.79 Å². The van der Waals surface area contributed by atoms with Crippen molar-refractivity contribution in [3.05, 3.63) is 23.8 Å². The molecular weight excluding hydrogens is 316 g/mol. The Morgan fingerprint density at radius 2 is 1.25 bits per heavy atom. The average Bonchev–Trinajstić information content (AvgIpc) is 2.61. The number of hydrogen-bond acceptors (Lipinski definition) is 7. The molecule has 24 heavy (non-hydrogen) atoms. The van der Waals surface area contributed by atoms with Gasteiger partial charge in [0.15, 0.2) is 17.3 Å². The first kappa shape index (κ1) is 20.1. The molecule has 0 fully saturated rings. The molecule has 0 atom stereocenters. The number of fused-ring (bicyclic) bond motifs is 1. The molecule has 134 valence electrons. The first-order chi connectivity index (χ1) is 11.8. The molecule has 7 nitrogen and oxygen atoms in total. The van der Waals surface area contributed by atoms with Crippen molar-refractivity contribution in [2.45, 2.75) is 6.92 Å². The topological polar surface area (TPSA) is 80.3 Å². The van der Waals surface area contributed by atoms with Crippen molar-refractivity contribution in [1.82, 2.24) is 0 Å². The third-order valence-corrected chi connectivity index (χ3v) is 3.06. The van der Waals surface area contributed by atoms with Crippen LogP contribution in [0.4, 0.5) is 0 Å². The molecule has 1 aliphatic heterocycles. The highest BCUT2D eigenvalue weighted by atomic mass is 16.6. The van der Waals surface area contributed by atoms with Crippen LogP contribution in [0.1, 0.15) is 17.3 Å². The summed E-state index contributed by atoms with van der Waals surface area (Å²) in [5.74, 6) is 1.13. The summed E-state index contributed by atoms with van der Waals surface area (Å²) in [7, 11) is 0. The van der Waals surface area contributed by atoms with Crippen molar-refractivity contribution < 1.29 is 33.3 Å². The smallest absolute Gasteiger partial charge is 0.162 e. The summed E-state index contributed by atoms with van der Waals surface area (Å²) in [6.45, 7) is 7.34. The van der Waals surface area contributed by atoms with Crippen molar-refractivity contribution in [2.75, 3.05) is 52.9 Å². The van der Waals surface area contributed by atoms with E-state index in [2.05, 4.69) is 0 Å². The third kappa shape index (κ3) is 7.54. The van der Waals surface area contributed by atoms with Gasteiger partial charge in [-0.15, -0.1) is 0 Å². The SMILES string of the molecule is C=O.CC(=O)c1ccc2c(c1)OCCOCCOCCOCCO2. The normalized spacial score (nSPS) is 16.7. The molecule has 0 N–H and O–H groups in total. The van der Waals surface area contributed by atoms with Crippen LogP contribution in [0.15, 0.2) is 18.2 Å². The molecule has 0 aliphatic carbocycles. The number of Topliss-reactive ketones (excluding diaryl/α,β-unsaturated/α-hetero) is 1. The number of carbonyl (C=O) groups is 2. The summed E-state index contributed by atoms with van der Waals surface area (Å²) >= 11 is 0. The van der Waals surface area contributed by atoms with E-state index in [0.29, 0.717) is 69.9 Å². The van der Waals surface area contributed by atoms with Gasteiger partial charge in [0.1, 0.15) is 20.0 Å². The number of carbonyl (C=O) groups excluding carboxylic acids is 2. The Morgan fingerprint density at radius 3 is 1.75 bits per heavy atom. The quantitative estimate of drug-likeness (QED) is 0.717. The molecule has 0 radical (unpaired) electrons. The zero-order chi connectivity index (χ0) is 17.6. The van der Waals surface area contributed by atoms with Crippen LogP contribution in [-0.4, -0.2) is 65.4 Å². The van der Waals surface area contributed by atoms with Gasteiger partial charge in [-0.05, 0) is 25.1 Å². The van der Waals surface area contributed by atoms with Crippen LogP contribution in [0.2, 0.25) is 0 Å². The van der Waals surface area contributed by atoms with Crippen LogP contribution in [0.3, 0.4) is 0 Å². The summed E-state index contributed by atoms with van der Waals surface area (Å²) in [5, 5.41) is 0. The van der Waals surface area contributed by atoms with E-state index in [1.165, 1.54) is 6.92 Å². The molecule has 1 aliphatic rings. The minimum absolute atomic E-state index is 0.0148. The Hall–Kier alpha value is -1.96. The maximum absolute atomic E-state index is 11.5. The number of hydrogen-bond donors (Lipinski definition) is 0. The Labute approximate surface area is 141 Å². The Bertz CT molecular complexity index is 490. The molecule has 1 aromatic carbocycles. The van der Waals surface area contributed by atoms with Gasteiger partial charge in [0.2, 0.25) is 0 Å². The number of ether oxygens (including phenoxy) is 5. The predicted molar refractivity (Wildman–Crippen MR) is 87.0 cm³/mol. The van der Waals surface area contributed by atoms with Crippen LogP contribution in [0.25, 0.3) is 0 Å². The van der Waals surface area contributed by atoms with E-state index in [1.54, 1.807) is 18.2 Å². The Morgan fingerprint density at radius 1 is 0.792 bits per heavy atom. The standard InChI is InChI=1S/C16H22O6.CH2O/c1-13(17)14-2-3-15-16(12-14)22-11-9-20-7-5-18-4-6-19-8-10-21-15;1-2/h2-3,12H,4-11H2,1H3;1H2. The van der Waals surface area contributed by atoms with Crippen LogP contribution in [0, 0.1) is 0 Å². The van der Waals surface area contributed by atoms with Crippen molar-refractivity contribution in [1.29, 1.82) is 0 Å². The number of rotatable bonds is 1. The fraction of sp³-hybridized carbons (Fsp3) is 0.529.